The summed E-state index contributed by atoms with van der Waals surface area (Å²) in [6.07, 6.45) is 1.25. The highest BCUT2D eigenvalue weighted by Crippen LogP contribution is 2.25. The lowest BCUT2D eigenvalue weighted by Crippen LogP contribution is -2.02. The Morgan fingerprint density at radius 1 is 1.05 bits per heavy atom. The number of nitrogens with one attached hydrogen (secondary N) is 2. The van der Waals surface area contributed by atoms with Crippen LogP contribution in [0, 0.1) is 20.8 Å². The Labute approximate surface area is 129 Å². The van der Waals surface area contributed by atoms with Crippen molar-refractivity contribution in [2.45, 2.75) is 47.5 Å². The smallest absolute Gasteiger partial charge is 0.352 e. The summed E-state index contributed by atoms with van der Waals surface area (Å²) < 4.78 is 0. The SMILES string of the molecule is CCc1c(Cc2[nH]c(C)c(C)c2C(C)=O)[nH]c(C(=O)O)c1C. The molecule has 0 radical (unpaired) electrons. The first-order valence-corrected chi connectivity index (χ1v) is 7.40. The normalized spacial score (nSPS) is 11.0. The maximum Gasteiger partial charge on any atom is 0.352 e. The quantitative estimate of drug-likeness (QED) is 0.740. The highest BCUT2D eigenvalue weighted by Gasteiger charge is 2.21. The summed E-state index contributed by atoms with van der Waals surface area (Å²) in [6, 6.07) is 0. The molecule has 0 saturated carbocycles. The lowest BCUT2D eigenvalue weighted by atomic mass is 10.0. The van der Waals surface area contributed by atoms with Crippen molar-refractivity contribution < 1.29 is 14.7 Å². The first-order chi connectivity index (χ1) is 10.3. The molecule has 0 aliphatic heterocycles. The van der Waals surface area contributed by atoms with E-state index in [-0.39, 0.29) is 11.5 Å². The van der Waals surface area contributed by atoms with Crippen molar-refractivity contribution in [1.29, 1.82) is 0 Å². The molecule has 0 spiro atoms. The van der Waals surface area contributed by atoms with Crippen molar-refractivity contribution in [2.24, 2.45) is 0 Å². The van der Waals surface area contributed by atoms with Crippen molar-refractivity contribution >= 4 is 11.8 Å². The standard InChI is InChI=1S/C17H22N2O3/c1-6-12-9(3)16(17(21)22)19-13(12)7-14-15(11(5)20)8(2)10(4)18-14/h18-19H,6-7H2,1-5H3,(H,21,22). The lowest BCUT2D eigenvalue weighted by Gasteiger charge is -2.04. The minimum Gasteiger partial charge on any atom is -0.477 e. The molecule has 0 saturated heterocycles. The van der Waals surface area contributed by atoms with Gasteiger partial charge in [0.1, 0.15) is 5.69 Å². The highest BCUT2D eigenvalue weighted by atomic mass is 16.4. The van der Waals surface area contributed by atoms with Crippen molar-refractivity contribution in [3.63, 3.8) is 0 Å². The van der Waals surface area contributed by atoms with E-state index in [0.717, 1.165) is 40.2 Å². The number of aromatic amines is 2. The number of ketones is 1. The van der Waals surface area contributed by atoms with E-state index in [0.29, 0.717) is 12.0 Å². The predicted molar refractivity (Wildman–Crippen MR) is 84.9 cm³/mol. The number of hydrogen-bond donors (Lipinski definition) is 3. The van der Waals surface area contributed by atoms with Crippen LogP contribution < -0.4 is 0 Å². The molecule has 0 amide bonds. The second-order valence-corrected chi connectivity index (χ2v) is 5.70. The lowest BCUT2D eigenvalue weighted by molar-refractivity contribution is 0.0690. The summed E-state index contributed by atoms with van der Waals surface area (Å²) in [5, 5.41) is 9.26. The predicted octanol–water partition coefficient (Wildman–Crippen LogP) is 3.32. The van der Waals surface area contributed by atoms with Crippen LogP contribution in [0.5, 0.6) is 0 Å². The molecule has 0 unspecified atom stereocenters. The molecular weight excluding hydrogens is 280 g/mol. The molecular formula is C17H22N2O3. The first kappa shape index (κ1) is 16.1. The van der Waals surface area contributed by atoms with Crippen LogP contribution in [0.2, 0.25) is 0 Å². The van der Waals surface area contributed by atoms with E-state index in [2.05, 4.69) is 9.97 Å². The second-order valence-electron chi connectivity index (χ2n) is 5.70. The topological polar surface area (TPSA) is 86.0 Å². The van der Waals surface area contributed by atoms with Crippen LogP contribution in [-0.4, -0.2) is 26.8 Å². The van der Waals surface area contributed by atoms with Gasteiger partial charge >= 0.3 is 5.97 Å². The Morgan fingerprint density at radius 3 is 2.18 bits per heavy atom. The molecule has 5 nitrogen and oxygen atoms in total. The Balaban J connectivity index is 2.52. The summed E-state index contributed by atoms with van der Waals surface area (Å²) >= 11 is 0. The van der Waals surface area contributed by atoms with E-state index >= 15 is 0 Å². The van der Waals surface area contributed by atoms with Crippen LogP contribution in [0.3, 0.4) is 0 Å². The number of aromatic nitrogens is 2. The maximum atomic E-state index is 11.9. The van der Waals surface area contributed by atoms with Crippen LogP contribution >= 0.6 is 0 Å². The van der Waals surface area contributed by atoms with E-state index in [1.165, 1.54) is 0 Å². The van der Waals surface area contributed by atoms with Crippen molar-refractivity contribution in [1.82, 2.24) is 9.97 Å². The van der Waals surface area contributed by atoms with Crippen LogP contribution in [0.15, 0.2) is 0 Å². The molecule has 2 heterocycles. The average Bonchev–Trinajstić information content (AvgIpc) is 2.88. The molecule has 2 aromatic rings. The van der Waals surface area contributed by atoms with Gasteiger partial charge in [-0.3, -0.25) is 4.79 Å². The fourth-order valence-corrected chi connectivity index (χ4v) is 3.12. The van der Waals surface area contributed by atoms with Gasteiger partial charge in [-0.1, -0.05) is 6.92 Å². The number of carboxylic acid groups (broad SMARTS) is 1. The number of H-pyrrole nitrogens is 2. The Morgan fingerprint density at radius 2 is 1.68 bits per heavy atom. The fraction of sp³-hybridized carbons (Fsp3) is 0.412. The molecule has 0 fully saturated rings. The number of carbonyl (C=O) groups is 2. The second kappa shape index (κ2) is 5.83. The van der Waals surface area contributed by atoms with Crippen molar-refractivity contribution in [3.05, 3.63) is 45.0 Å². The molecule has 22 heavy (non-hydrogen) atoms. The van der Waals surface area contributed by atoms with Crippen molar-refractivity contribution in [3.8, 4) is 0 Å². The third-order valence-corrected chi connectivity index (χ3v) is 4.32. The number of Topliss-reactive ketones (excluding diaryl/α,β-unsaturated/α-hetero) is 1. The van der Waals surface area contributed by atoms with Gasteiger partial charge in [0.05, 0.1) is 0 Å². The van der Waals surface area contributed by atoms with Gasteiger partial charge in [0.2, 0.25) is 0 Å². The zero-order valence-corrected chi connectivity index (χ0v) is 13.7. The van der Waals surface area contributed by atoms with Crippen LogP contribution in [0.1, 0.15) is 68.5 Å². The Bertz CT molecular complexity index is 751. The molecule has 0 atom stereocenters. The molecule has 2 rings (SSSR count). The van der Waals surface area contributed by atoms with Crippen LogP contribution in [-0.2, 0) is 12.8 Å². The van der Waals surface area contributed by atoms with E-state index in [9.17, 15) is 14.7 Å². The third kappa shape index (κ3) is 2.58. The maximum absolute atomic E-state index is 11.9. The number of aryl methyl sites for hydroxylation is 1. The van der Waals surface area contributed by atoms with Gasteiger partial charge in [0, 0.05) is 29.1 Å². The average molecular weight is 302 g/mol. The number of carboxylic acids is 1. The molecule has 0 aromatic carbocycles. The first-order valence-electron chi connectivity index (χ1n) is 7.40. The van der Waals surface area contributed by atoms with Gasteiger partial charge in [-0.05, 0) is 50.8 Å². The monoisotopic (exact) mass is 302 g/mol. The minimum atomic E-state index is -0.955. The van der Waals surface area contributed by atoms with Crippen LogP contribution in [0.25, 0.3) is 0 Å². The molecule has 0 bridgehead atoms. The van der Waals surface area contributed by atoms with Gasteiger partial charge in [-0.25, -0.2) is 4.79 Å². The molecule has 118 valence electrons. The van der Waals surface area contributed by atoms with E-state index in [4.69, 9.17) is 0 Å². The summed E-state index contributed by atoms with van der Waals surface area (Å²) in [7, 11) is 0. The highest BCUT2D eigenvalue weighted by molar-refractivity contribution is 5.97. The Kier molecular flexibility index (Phi) is 4.26. The molecule has 5 heteroatoms. The third-order valence-electron chi connectivity index (χ3n) is 4.32. The number of rotatable bonds is 5. The molecule has 3 N–H and O–H groups in total. The number of carbonyl (C=O) groups excluding carboxylic acids is 1. The van der Waals surface area contributed by atoms with E-state index in [1.54, 1.807) is 6.92 Å². The van der Waals surface area contributed by atoms with Gasteiger partial charge in [-0.15, -0.1) is 0 Å². The summed E-state index contributed by atoms with van der Waals surface area (Å²) in [6.45, 7) is 9.24. The van der Waals surface area contributed by atoms with E-state index in [1.807, 2.05) is 27.7 Å². The number of hydrogen-bond acceptors (Lipinski definition) is 2. The molecule has 0 aliphatic carbocycles. The summed E-state index contributed by atoms with van der Waals surface area (Å²) in [5.74, 6) is -0.930. The van der Waals surface area contributed by atoms with E-state index < -0.39 is 5.97 Å². The van der Waals surface area contributed by atoms with Gasteiger partial charge < -0.3 is 15.1 Å². The molecule has 2 aromatic heterocycles. The minimum absolute atomic E-state index is 0.0247. The van der Waals surface area contributed by atoms with Gasteiger partial charge in [0.25, 0.3) is 0 Å². The Hall–Kier alpha value is -2.30. The fourth-order valence-electron chi connectivity index (χ4n) is 3.12. The summed E-state index contributed by atoms with van der Waals surface area (Å²) in [4.78, 5) is 29.5. The van der Waals surface area contributed by atoms with Gasteiger partial charge in [-0.2, -0.15) is 0 Å². The van der Waals surface area contributed by atoms with Crippen LogP contribution in [0.4, 0.5) is 0 Å². The number of aromatic carboxylic acids is 1. The molecule has 0 aliphatic rings. The summed E-state index contributed by atoms with van der Waals surface area (Å²) in [5.41, 5.74) is 6.37. The zero-order chi connectivity index (χ0) is 16.6. The largest absolute Gasteiger partial charge is 0.477 e. The van der Waals surface area contributed by atoms with Crippen molar-refractivity contribution in [2.75, 3.05) is 0 Å². The van der Waals surface area contributed by atoms with Gasteiger partial charge in [0.15, 0.2) is 5.78 Å². The zero-order valence-electron chi connectivity index (χ0n) is 13.7.